The van der Waals surface area contributed by atoms with E-state index in [9.17, 15) is 5.21 Å². The van der Waals surface area contributed by atoms with Crippen molar-refractivity contribution in [3.05, 3.63) is 59.3 Å². The monoisotopic (exact) mass is 369 g/mol. The van der Waals surface area contributed by atoms with Crippen LogP contribution in [0.15, 0.2) is 53.7 Å². The van der Waals surface area contributed by atoms with Crippen molar-refractivity contribution in [2.75, 3.05) is 29.6 Å². The molecule has 134 valence electrons. The topological polar surface area (TPSA) is 92.5 Å². The van der Waals surface area contributed by atoms with E-state index in [0.717, 1.165) is 16.4 Å². The van der Waals surface area contributed by atoms with Crippen LogP contribution >= 0.6 is 11.8 Å². The molecule has 0 saturated heterocycles. The van der Waals surface area contributed by atoms with Gasteiger partial charge in [-0.3, -0.25) is 5.21 Å². The van der Waals surface area contributed by atoms with Gasteiger partial charge in [0.2, 0.25) is 5.16 Å². The van der Waals surface area contributed by atoms with Crippen LogP contribution < -0.4 is 15.6 Å². The summed E-state index contributed by atoms with van der Waals surface area (Å²) < 4.78 is 1.81. The number of rotatable bonds is 4. The Hall–Kier alpha value is -2.75. The second kappa shape index (κ2) is 6.52. The maximum absolute atomic E-state index is 11.1. The molecule has 0 spiro atoms. The Morgan fingerprint density at radius 3 is 2.58 bits per heavy atom. The first-order valence-corrected chi connectivity index (χ1v) is 8.83. The van der Waals surface area contributed by atoms with Crippen LogP contribution in [0.1, 0.15) is 10.9 Å². The van der Waals surface area contributed by atoms with Crippen molar-refractivity contribution in [1.29, 1.82) is 0 Å². The molecule has 2 N–H and O–H groups in total. The predicted molar refractivity (Wildman–Crippen MR) is 102 cm³/mol. The Morgan fingerprint density at radius 2 is 1.88 bits per heavy atom. The van der Waals surface area contributed by atoms with Gasteiger partial charge in [-0.15, -0.1) is 10.2 Å². The lowest BCUT2D eigenvalue weighted by molar-refractivity contribution is 0.296. The molecule has 1 atom stereocenters. The second-order valence-corrected chi connectivity index (χ2v) is 7.15. The van der Waals surface area contributed by atoms with Crippen LogP contribution in [-0.4, -0.2) is 34.2 Å². The normalized spacial score (nSPS) is 15.5. The zero-order valence-electron chi connectivity index (χ0n) is 14.2. The average molecular weight is 369 g/mol. The van der Waals surface area contributed by atoms with E-state index in [4.69, 9.17) is 5.21 Å². The molecule has 1 aliphatic rings. The van der Waals surface area contributed by atoms with Crippen molar-refractivity contribution in [2.24, 2.45) is 0 Å². The number of benzene rings is 2. The summed E-state index contributed by atoms with van der Waals surface area (Å²) in [6, 6.07) is 14.9. The van der Waals surface area contributed by atoms with E-state index >= 15 is 0 Å². The molecule has 2 aromatic carbocycles. The number of fused-ring (bicyclic) bond motifs is 1. The molecule has 0 aliphatic carbocycles. The molecule has 0 unspecified atom stereocenters. The van der Waals surface area contributed by atoms with Gasteiger partial charge in [-0.25, -0.2) is 4.68 Å². The summed E-state index contributed by atoms with van der Waals surface area (Å²) in [7, 11) is 4.02. The molecule has 0 radical (unpaired) electrons. The highest BCUT2D eigenvalue weighted by atomic mass is 32.2. The molecule has 0 bridgehead atoms. The number of hydrogen-bond donors (Lipinski definition) is 2. The summed E-state index contributed by atoms with van der Waals surface area (Å²) in [5, 5.41) is 29.2. The number of thioether (sulfide) groups is 1. The van der Waals surface area contributed by atoms with Crippen LogP contribution in [0.3, 0.4) is 0 Å². The lowest BCUT2D eigenvalue weighted by atomic mass is 10.2. The van der Waals surface area contributed by atoms with Gasteiger partial charge in [0.05, 0.1) is 5.69 Å². The molecule has 1 aliphatic heterocycles. The first-order valence-electron chi connectivity index (χ1n) is 7.95. The highest BCUT2D eigenvalue weighted by molar-refractivity contribution is 7.99. The minimum Gasteiger partial charge on any atom is -0.733 e. The maximum atomic E-state index is 11.1. The van der Waals surface area contributed by atoms with E-state index in [0.29, 0.717) is 11.4 Å². The van der Waals surface area contributed by atoms with Gasteiger partial charge in [0.1, 0.15) is 5.37 Å². The van der Waals surface area contributed by atoms with Crippen molar-refractivity contribution in [3.63, 3.8) is 0 Å². The van der Waals surface area contributed by atoms with Crippen LogP contribution in [0, 0.1) is 5.21 Å². The molecule has 2 heterocycles. The first-order chi connectivity index (χ1) is 12.5. The van der Waals surface area contributed by atoms with Gasteiger partial charge in [-0.2, -0.15) is 0 Å². The smallest absolute Gasteiger partial charge is 0.212 e. The molecular weight excluding hydrogens is 352 g/mol. The van der Waals surface area contributed by atoms with Crippen LogP contribution in [0.5, 0.6) is 0 Å². The third-order valence-corrected chi connectivity index (χ3v) is 5.23. The number of nitrogens with zero attached hydrogens (tertiary/aromatic N) is 5. The third-order valence-electron chi connectivity index (χ3n) is 4.14. The number of nitrogens with one attached hydrogen (secondary N) is 1. The van der Waals surface area contributed by atoms with Crippen molar-refractivity contribution >= 4 is 23.1 Å². The molecule has 4 rings (SSSR count). The lowest BCUT2D eigenvalue weighted by Crippen LogP contribution is -2.14. The Bertz CT molecular complexity index is 925. The van der Waals surface area contributed by atoms with Crippen molar-refractivity contribution in [3.8, 4) is 11.4 Å². The van der Waals surface area contributed by atoms with Gasteiger partial charge in [-0.1, -0.05) is 36.0 Å². The molecule has 3 aromatic rings. The largest absolute Gasteiger partial charge is 0.733 e. The summed E-state index contributed by atoms with van der Waals surface area (Å²) in [6.45, 7) is 0. The molecular formula is C17H17N6O2S-. The molecule has 9 heteroatoms. The van der Waals surface area contributed by atoms with Crippen LogP contribution in [0.25, 0.3) is 11.4 Å². The van der Waals surface area contributed by atoms with E-state index in [-0.39, 0.29) is 16.3 Å². The number of anilines is 2. The fraction of sp³-hybridized carbons (Fsp3) is 0.176. The summed E-state index contributed by atoms with van der Waals surface area (Å²) in [5.74, 6) is 0.587. The van der Waals surface area contributed by atoms with Gasteiger partial charge in [0.25, 0.3) is 0 Å². The molecule has 8 nitrogen and oxygen atoms in total. The number of aromatic nitrogens is 3. The summed E-state index contributed by atoms with van der Waals surface area (Å²) in [5.41, 5.74) is 6.48. The van der Waals surface area contributed by atoms with Gasteiger partial charge < -0.3 is 20.8 Å². The molecule has 0 amide bonds. The van der Waals surface area contributed by atoms with E-state index in [1.165, 1.54) is 6.07 Å². The first kappa shape index (κ1) is 16.7. The van der Waals surface area contributed by atoms with Gasteiger partial charge >= 0.3 is 0 Å². The van der Waals surface area contributed by atoms with Gasteiger partial charge in [-0.05, 0) is 29.8 Å². The number of hydrogen-bond acceptors (Lipinski definition) is 8. The van der Waals surface area contributed by atoms with Crippen molar-refractivity contribution in [2.45, 2.75) is 10.5 Å². The lowest BCUT2D eigenvalue weighted by Gasteiger charge is -2.21. The fourth-order valence-electron chi connectivity index (χ4n) is 2.75. The minimum atomic E-state index is -0.165. The SMILES string of the molecule is CN(C)c1ccc([C@@H]2Nn3c(nnc3-c3cccc(N([O-])O)c3)S2)cc1. The molecule has 26 heavy (non-hydrogen) atoms. The predicted octanol–water partition coefficient (Wildman–Crippen LogP) is 3.05. The van der Waals surface area contributed by atoms with Crippen molar-refractivity contribution < 1.29 is 5.21 Å². The van der Waals surface area contributed by atoms with Crippen molar-refractivity contribution in [1.82, 2.24) is 14.9 Å². The van der Waals surface area contributed by atoms with E-state index in [1.807, 2.05) is 20.2 Å². The minimum absolute atomic E-state index is 0.0208. The molecule has 1 aromatic heterocycles. The van der Waals surface area contributed by atoms with Crippen LogP contribution in [-0.2, 0) is 0 Å². The highest BCUT2D eigenvalue weighted by Gasteiger charge is 2.28. The zero-order valence-corrected chi connectivity index (χ0v) is 15.0. The summed E-state index contributed by atoms with van der Waals surface area (Å²) >= 11 is 1.57. The maximum Gasteiger partial charge on any atom is 0.212 e. The highest BCUT2D eigenvalue weighted by Crippen LogP contribution is 2.40. The Morgan fingerprint density at radius 1 is 1.12 bits per heavy atom. The molecule has 0 saturated carbocycles. The second-order valence-electron chi connectivity index (χ2n) is 6.08. The standard InChI is InChI=1S/C17H17N6O2S/c1-21(2)13-8-6-11(7-9-13)16-20-22-15(18-19-17(22)26-16)12-4-3-5-14(10-12)23(24)25/h3-10,16,20,24H,1-2H3/q-1/t16-/m1/s1. The van der Waals surface area contributed by atoms with Gasteiger partial charge in [0, 0.05) is 25.3 Å². The van der Waals surface area contributed by atoms with Crippen LogP contribution in [0.4, 0.5) is 11.4 Å². The van der Waals surface area contributed by atoms with E-state index < -0.39 is 0 Å². The van der Waals surface area contributed by atoms with E-state index in [1.54, 1.807) is 28.6 Å². The Kier molecular flexibility index (Phi) is 4.19. The molecule has 0 fully saturated rings. The average Bonchev–Trinajstić information content (AvgIpc) is 3.22. The quantitative estimate of drug-likeness (QED) is 0.678. The van der Waals surface area contributed by atoms with Crippen LogP contribution in [0.2, 0.25) is 0 Å². The summed E-state index contributed by atoms with van der Waals surface area (Å²) in [4.78, 5) is 2.06. The summed E-state index contributed by atoms with van der Waals surface area (Å²) in [6.07, 6.45) is 0. The zero-order chi connectivity index (χ0) is 18.3. The third kappa shape index (κ3) is 2.96. The Balaban J connectivity index is 1.60. The Labute approximate surface area is 154 Å². The van der Waals surface area contributed by atoms with Gasteiger partial charge in [0.15, 0.2) is 5.82 Å². The van der Waals surface area contributed by atoms with E-state index in [2.05, 4.69) is 44.8 Å². The fourth-order valence-corrected chi connectivity index (χ4v) is 3.75.